The van der Waals surface area contributed by atoms with Crippen molar-refractivity contribution in [3.05, 3.63) is 77.2 Å². The van der Waals surface area contributed by atoms with E-state index in [1.165, 1.54) is 0 Å². The van der Waals surface area contributed by atoms with Crippen LogP contribution in [0.25, 0.3) is 32.9 Å². The number of phenolic OH excluding ortho intramolecular Hbond substituents is 1. The standard InChI is InChI=1S/C54H62FN9O6/c1-3-34-6-4-7-35-21-38(65)22-40(44(34)35)46-45(55)47-41(23-56-46)48(63-17-5-12-52(2,69)28-63)59-51(58-47)70-32-54(13-14-54)31-60-24-33(25-60)26-61-29-53(30-61)15-18-62(19-16-53)37-8-9-39-36(20-37)27-64(50(39)68)42-10-11-43(66)57-49(42)67/h4,6-9,20-23,33,42,65,69H,3,5,10-19,24-32H2,1-2H3,(H,57,66,67)/t42?,52-/m1/s1. The number of aromatic hydroxyl groups is 1. The number of amides is 3. The smallest absolute Gasteiger partial charge is 0.319 e. The molecule has 3 amide bonds. The molecule has 12 rings (SSSR count). The van der Waals surface area contributed by atoms with Crippen LogP contribution < -0.4 is 19.9 Å². The Balaban J connectivity index is 0.660. The fourth-order valence-electron chi connectivity index (χ4n) is 12.7. The lowest BCUT2D eigenvalue weighted by Crippen LogP contribution is -2.63. The number of anilines is 2. The SMILES string of the molecule is CCc1cccc2cc(O)cc(-c3ncc4c(N5CCC[C@@](C)(O)C5)nc(OCC5(CN6CC(CN7CC8(CCN(c9ccc%10c(c9)CN(C9CCC(=O)NC9=O)C%10=O)CC8)C7)C6)CC5)nc4c3F)c12. The summed E-state index contributed by atoms with van der Waals surface area (Å²) in [5.41, 5.74) is 3.90. The summed E-state index contributed by atoms with van der Waals surface area (Å²) in [6.45, 7) is 14.1. The minimum atomic E-state index is -0.926. The van der Waals surface area contributed by atoms with Crippen LogP contribution in [0.3, 0.4) is 0 Å². The highest BCUT2D eigenvalue weighted by atomic mass is 19.1. The maximum Gasteiger partial charge on any atom is 0.319 e. The van der Waals surface area contributed by atoms with E-state index in [4.69, 9.17) is 14.7 Å². The number of pyridine rings is 1. The van der Waals surface area contributed by atoms with Crippen molar-refractivity contribution in [1.82, 2.24) is 35.0 Å². The largest absolute Gasteiger partial charge is 0.508 e. The number of fused-ring (bicyclic) bond motifs is 3. The molecule has 1 saturated carbocycles. The van der Waals surface area contributed by atoms with Gasteiger partial charge in [0.15, 0.2) is 5.82 Å². The molecule has 1 spiro atoms. The number of aliphatic hydroxyl groups is 1. The van der Waals surface area contributed by atoms with Crippen LogP contribution in [0.5, 0.6) is 11.8 Å². The summed E-state index contributed by atoms with van der Waals surface area (Å²) in [5.74, 6) is -0.226. The number of aromatic nitrogens is 3. The van der Waals surface area contributed by atoms with E-state index in [1.807, 2.05) is 42.2 Å². The van der Waals surface area contributed by atoms with E-state index in [-0.39, 0.29) is 52.5 Å². The van der Waals surface area contributed by atoms with Gasteiger partial charge in [-0.3, -0.25) is 24.7 Å². The molecule has 7 aliphatic rings. The second kappa shape index (κ2) is 17.1. The van der Waals surface area contributed by atoms with Crippen molar-refractivity contribution in [2.45, 2.75) is 89.8 Å². The van der Waals surface area contributed by atoms with Crippen LogP contribution in [-0.4, -0.2) is 141 Å². The van der Waals surface area contributed by atoms with Gasteiger partial charge in [-0.25, -0.2) is 4.39 Å². The first-order valence-corrected chi connectivity index (χ1v) is 25.4. The maximum absolute atomic E-state index is 17.1. The average molecular weight is 952 g/mol. The van der Waals surface area contributed by atoms with Crippen LogP contribution >= 0.6 is 0 Å². The number of nitrogens with zero attached hydrogens (tertiary/aromatic N) is 8. The van der Waals surface area contributed by atoms with Gasteiger partial charge in [-0.15, -0.1) is 0 Å². The fourth-order valence-corrected chi connectivity index (χ4v) is 12.7. The van der Waals surface area contributed by atoms with Gasteiger partial charge in [-0.2, -0.15) is 9.97 Å². The van der Waals surface area contributed by atoms with Crippen molar-refractivity contribution in [3.8, 4) is 23.0 Å². The van der Waals surface area contributed by atoms with Crippen LogP contribution in [0.1, 0.15) is 86.7 Å². The number of halogens is 1. The second-order valence-corrected chi connectivity index (χ2v) is 22.1. The third kappa shape index (κ3) is 8.28. The third-order valence-corrected chi connectivity index (χ3v) is 16.7. The van der Waals surface area contributed by atoms with Gasteiger partial charge < -0.3 is 39.4 Å². The molecule has 1 aliphatic carbocycles. The summed E-state index contributed by atoms with van der Waals surface area (Å²) in [5, 5.41) is 26.3. The summed E-state index contributed by atoms with van der Waals surface area (Å²) in [7, 11) is 0. The van der Waals surface area contributed by atoms with E-state index in [0.717, 1.165) is 118 Å². The van der Waals surface area contributed by atoms with Gasteiger partial charge in [-0.1, -0.05) is 25.1 Å². The molecule has 1 unspecified atom stereocenters. The van der Waals surface area contributed by atoms with Gasteiger partial charge in [0.25, 0.3) is 5.91 Å². The van der Waals surface area contributed by atoms with Crippen molar-refractivity contribution < 1.29 is 33.7 Å². The number of imide groups is 1. The number of rotatable bonds is 12. The van der Waals surface area contributed by atoms with Crippen LogP contribution in [0.2, 0.25) is 0 Å². The molecule has 0 radical (unpaired) electrons. The Bertz CT molecular complexity index is 2940. The molecule has 5 aromatic rings. The molecule has 70 heavy (non-hydrogen) atoms. The number of nitrogens with one attached hydrogen (secondary N) is 1. The van der Waals surface area contributed by atoms with E-state index in [2.05, 4.69) is 38.0 Å². The zero-order valence-corrected chi connectivity index (χ0v) is 40.2. The Morgan fingerprint density at radius 2 is 1.73 bits per heavy atom. The molecule has 2 atom stereocenters. The molecule has 2 aromatic heterocycles. The van der Waals surface area contributed by atoms with Crippen LogP contribution in [-0.2, 0) is 22.6 Å². The Morgan fingerprint density at radius 1 is 0.914 bits per heavy atom. The quantitative estimate of drug-likeness (QED) is 0.124. The molecule has 15 nitrogen and oxygen atoms in total. The first-order chi connectivity index (χ1) is 33.7. The lowest BCUT2D eigenvalue weighted by molar-refractivity contribution is -0.136. The number of phenols is 1. The number of β-amino-alcohol motifs (C(OH)–C–C–N with tert-alkyl or cyclic N) is 1. The van der Waals surface area contributed by atoms with Crippen LogP contribution in [0.15, 0.2) is 54.7 Å². The Labute approximate surface area is 407 Å². The van der Waals surface area contributed by atoms with Gasteiger partial charge in [0.2, 0.25) is 11.8 Å². The summed E-state index contributed by atoms with van der Waals surface area (Å²) in [6, 6.07) is 14.7. The van der Waals surface area contributed by atoms with Gasteiger partial charge in [0.05, 0.1) is 17.6 Å². The summed E-state index contributed by atoms with van der Waals surface area (Å²) >= 11 is 0. The van der Waals surface area contributed by atoms with E-state index in [0.29, 0.717) is 72.7 Å². The van der Waals surface area contributed by atoms with E-state index >= 15 is 4.39 Å². The van der Waals surface area contributed by atoms with Crippen molar-refractivity contribution in [2.75, 3.05) is 81.9 Å². The van der Waals surface area contributed by atoms with Crippen molar-refractivity contribution >= 4 is 50.9 Å². The van der Waals surface area contributed by atoms with Crippen molar-refractivity contribution in [2.24, 2.45) is 16.7 Å². The van der Waals surface area contributed by atoms with Gasteiger partial charge in [-0.05, 0) is 122 Å². The number of piperidine rings is 3. The van der Waals surface area contributed by atoms with Gasteiger partial charge in [0.1, 0.15) is 28.8 Å². The third-order valence-electron chi connectivity index (χ3n) is 16.7. The highest BCUT2D eigenvalue weighted by molar-refractivity contribution is 6.06. The summed E-state index contributed by atoms with van der Waals surface area (Å²) in [6.07, 6.45) is 8.76. The van der Waals surface area contributed by atoms with Crippen molar-refractivity contribution in [3.63, 3.8) is 0 Å². The Hall–Kier alpha value is -5.97. The lowest BCUT2D eigenvalue weighted by Gasteiger charge is -2.56. The molecule has 3 aromatic carbocycles. The second-order valence-electron chi connectivity index (χ2n) is 22.1. The number of ether oxygens (including phenoxy) is 1. The molecule has 6 fully saturated rings. The topological polar surface area (TPSA) is 168 Å². The van der Waals surface area contributed by atoms with E-state index < -0.39 is 17.5 Å². The van der Waals surface area contributed by atoms with E-state index in [1.54, 1.807) is 23.2 Å². The minimum absolute atomic E-state index is 0.00663. The Morgan fingerprint density at radius 3 is 2.49 bits per heavy atom. The zero-order valence-electron chi connectivity index (χ0n) is 40.2. The van der Waals surface area contributed by atoms with E-state index in [9.17, 15) is 24.6 Å². The maximum atomic E-state index is 17.1. The number of hydrogen-bond acceptors (Lipinski definition) is 13. The minimum Gasteiger partial charge on any atom is -0.508 e. The fraction of sp³-hybridized carbons (Fsp3) is 0.519. The monoisotopic (exact) mass is 951 g/mol. The predicted molar refractivity (Wildman–Crippen MR) is 263 cm³/mol. The van der Waals surface area contributed by atoms with Crippen molar-refractivity contribution in [1.29, 1.82) is 0 Å². The van der Waals surface area contributed by atoms with Gasteiger partial charge >= 0.3 is 6.01 Å². The molecule has 6 aliphatic heterocycles. The lowest BCUT2D eigenvalue weighted by atomic mass is 9.71. The normalized spacial score (nSPS) is 24.5. The molecule has 366 valence electrons. The number of likely N-dealkylation sites (tertiary alicyclic amines) is 2. The molecular weight excluding hydrogens is 890 g/mol. The molecule has 16 heteroatoms. The molecule has 3 N–H and O–H groups in total. The highest BCUT2D eigenvalue weighted by Gasteiger charge is 2.49. The van der Waals surface area contributed by atoms with Crippen LogP contribution in [0, 0.1) is 22.6 Å². The summed E-state index contributed by atoms with van der Waals surface area (Å²) < 4.78 is 23.6. The first kappa shape index (κ1) is 45.2. The highest BCUT2D eigenvalue weighted by Crippen LogP contribution is 2.49. The average Bonchev–Trinajstić information content (AvgIpc) is 4.02. The Kier molecular flexibility index (Phi) is 11.0. The van der Waals surface area contributed by atoms with Crippen LogP contribution in [0.4, 0.5) is 15.9 Å². The number of carbonyl (C=O) groups is 3. The molecule has 0 bridgehead atoms. The predicted octanol–water partition coefficient (Wildman–Crippen LogP) is 6.06. The molecule has 8 heterocycles. The number of carbonyl (C=O) groups excluding carboxylic acids is 3. The summed E-state index contributed by atoms with van der Waals surface area (Å²) in [4.78, 5) is 63.0. The molecule has 5 saturated heterocycles. The number of benzene rings is 3. The number of aryl methyl sites for hydroxylation is 1. The molecular formula is C54H62FN9O6. The zero-order chi connectivity index (χ0) is 48.1. The van der Waals surface area contributed by atoms with Gasteiger partial charge in [0, 0.05) is 107 Å². The first-order valence-electron chi connectivity index (χ1n) is 25.4. The number of hydrogen-bond donors (Lipinski definition) is 3.